The van der Waals surface area contributed by atoms with Gasteiger partial charge in [0.25, 0.3) is 0 Å². The second-order valence-electron chi connectivity index (χ2n) is 4.97. The molecule has 4 heteroatoms. The van der Waals surface area contributed by atoms with E-state index >= 15 is 0 Å². The van der Waals surface area contributed by atoms with Gasteiger partial charge >= 0.3 is 0 Å². The van der Waals surface area contributed by atoms with E-state index in [1.54, 1.807) is 18.2 Å². The maximum Gasteiger partial charge on any atom is 0.181 e. The largest absolute Gasteiger partial charge is 0.294 e. The van der Waals surface area contributed by atoms with Gasteiger partial charge in [0.05, 0.1) is 11.1 Å². The van der Waals surface area contributed by atoms with Crippen LogP contribution in [0.25, 0.3) is 0 Å². The van der Waals surface area contributed by atoms with Crippen LogP contribution in [0, 0.1) is 0 Å². The molecular weight excluding hydrogens is 281 g/mol. The highest BCUT2D eigenvalue weighted by Crippen LogP contribution is 2.23. The SMILES string of the molecule is CCCC(C)N(C)C(C)C(=O)c1ccc(Cl)cc1Cl. The molecule has 0 fully saturated rings. The van der Waals surface area contributed by atoms with Gasteiger partial charge in [-0.25, -0.2) is 0 Å². The summed E-state index contributed by atoms with van der Waals surface area (Å²) >= 11 is 11.9. The van der Waals surface area contributed by atoms with Gasteiger partial charge in [0.1, 0.15) is 0 Å². The van der Waals surface area contributed by atoms with Gasteiger partial charge in [-0.05, 0) is 45.5 Å². The first kappa shape index (κ1) is 16.5. The lowest BCUT2D eigenvalue weighted by Crippen LogP contribution is -2.41. The van der Waals surface area contributed by atoms with Crippen molar-refractivity contribution < 1.29 is 4.79 Å². The average molecular weight is 302 g/mol. The third-order valence-electron chi connectivity index (χ3n) is 3.59. The summed E-state index contributed by atoms with van der Waals surface area (Å²) in [6.45, 7) is 6.20. The third kappa shape index (κ3) is 4.20. The van der Waals surface area contributed by atoms with E-state index < -0.39 is 0 Å². The fourth-order valence-electron chi connectivity index (χ4n) is 2.10. The predicted octanol–water partition coefficient (Wildman–Crippen LogP) is 4.69. The zero-order valence-corrected chi connectivity index (χ0v) is 13.4. The number of carbonyl (C=O) groups is 1. The Hall–Kier alpha value is -0.570. The molecule has 0 saturated carbocycles. The van der Waals surface area contributed by atoms with Gasteiger partial charge in [-0.15, -0.1) is 0 Å². The molecule has 0 aromatic heterocycles. The monoisotopic (exact) mass is 301 g/mol. The minimum atomic E-state index is -0.194. The van der Waals surface area contributed by atoms with Gasteiger partial charge in [0, 0.05) is 16.6 Å². The molecule has 0 heterocycles. The van der Waals surface area contributed by atoms with E-state index in [1.807, 2.05) is 14.0 Å². The number of ketones is 1. The van der Waals surface area contributed by atoms with Crippen LogP contribution in [0.2, 0.25) is 10.0 Å². The lowest BCUT2D eigenvalue weighted by molar-refractivity contribution is 0.0820. The number of benzene rings is 1. The molecule has 1 aromatic rings. The molecule has 19 heavy (non-hydrogen) atoms. The Kier molecular flexibility index (Phi) is 6.31. The van der Waals surface area contributed by atoms with Gasteiger partial charge in [0.2, 0.25) is 0 Å². The van der Waals surface area contributed by atoms with Crippen molar-refractivity contribution >= 4 is 29.0 Å². The van der Waals surface area contributed by atoms with Crippen molar-refractivity contribution in [3.63, 3.8) is 0 Å². The van der Waals surface area contributed by atoms with Crippen LogP contribution < -0.4 is 0 Å². The summed E-state index contributed by atoms with van der Waals surface area (Å²) in [7, 11) is 1.98. The van der Waals surface area contributed by atoms with Crippen LogP contribution >= 0.6 is 23.2 Å². The number of likely N-dealkylation sites (N-methyl/N-ethyl adjacent to an activating group) is 1. The molecule has 0 N–H and O–H groups in total. The first-order valence-corrected chi connectivity index (χ1v) is 7.35. The van der Waals surface area contributed by atoms with E-state index in [2.05, 4.69) is 18.7 Å². The Bertz CT molecular complexity index is 448. The summed E-state index contributed by atoms with van der Waals surface area (Å²) in [6, 6.07) is 5.18. The minimum absolute atomic E-state index is 0.0344. The fourth-order valence-corrected chi connectivity index (χ4v) is 2.60. The van der Waals surface area contributed by atoms with Crippen molar-refractivity contribution in [3.05, 3.63) is 33.8 Å². The summed E-state index contributed by atoms with van der Waals surface area (Å²) in [4.78, 5) is 14.6. The lowest BCUT2D eigenvalue weighted by atomic mass is 10.0. The first-order valence-electron chi connectivity index (χ1n) is 6.59. The molecule has 106 valence electrons. The van der Waals surface area contributed by atoms with Crippen LogP contribution in [0.1, 0.15) is 44.0 Å². The Balaban J connectivity index is 2.87. The molecule has 0 bridgehead atoms. The van der Waals surface area contributed by atoms with Crippen LogP contribution in [-0.2, 0) is 0 Å². The van der Waals surface area contributed by atoms with Gasteiger partial charge in [0.15, 0.2) is 5.78 Å². The Morgan fingerprint density at radius 2 is 1.95 bits per heavy atom. The second kappa shape index (κ2) is 7.28. The predicted molar refractivity (Wildman–Crippen MR) is 82.4 cm³/mol. The Morgan fingerprint density at radius 1 is 1.32 bits per heavy atom. The molecule has 1 rings (SSSR count). The summed E-state index contributed by atoms with van der Waals surface area (Å²) in [5, 5.41) is 0.961. The average Bonchev–Trinajstić information content (AvgIpc) is 2.36. The van der Waals surface area contributed by atoms with E-state index in [-0.39, 0.29) is 11.8 Å². The first-order chi connectivity index (χ1) is 8.88. The van der Waals surface area contributed by atoms with Crippen molar-refractivity contribution in [3.8, 4) is 0 Å². The van der Waals surface area contributed by atoms with Crippen LogP contribution in [-0.4, -0.2) is 29.8 Å². The molecule has 2 unspecified atom stereocenters. The summed E-state index contributed by atoms with van der Waals surface area (Å²) in [5.74, 6) is 0.0344. The van der Waals surface area contributed by atoms with Crippen molar-refractivity contribution in [2.75, 3.05) is 7.05 Å². The molecule has 0 aliphatic rings. The van der Waals surface area contributed by atoms with Crippen molar-refractivity contribution in [1.82, 2.24) is 4.90 Å². The summed E-state index contributed by atoms with van der Waals surface area (Å²) < 4.78 is 0. The van der Waals surface area contributed by atoms with E-state index in [0.29, 0.717) is 21.7 Å². The normalized spacial score (nSPS) is 14.5. The zero-order chi connectivity index (χ0) is 14.6. The minimum Gasteiger partial charge on any atom is -0.294 e. The van der Waals surface area contributed by atoms with Crippen molar-refractivity contribution in [2.45, 2.75) is 45.7 Å². The molecule has 1 aromatic carbocycles. The number of nitrogens with zero attached hydrogens (tertiary/aromatic N) is 1. The number of carbonyl (C=O) groups excluding carboxylic acids is 1. The fraction of sp³-hybridized carbons (Fsp3) is 0.533. The number of Topliss-reactive ketones (excluding diaryl/α,β-unsaturated/α-hetero) is 1. The number of halogens is 2. The molecule has 0 saturated heterocycles. The molecule has 0 aliphatic carbocycles. The topological polar surface area (TPSA) is 20.3 Å². The van der Waals surface area contributed by atoms with E-state index in [0.717, 1.165) is 12.8 Å². The van der Waals surface area contributed by atoms with Crippen LogP contribution in [0.5, 0.6) is 0 Å². The quantitative estimate of drug-likeness (QED) is 0.711. The maximum atomic E-state index is 12.5. The molecule has 2 nitrogen and oxygen atoms in total. The second-order valence-corrected chi connectivity index (χ2v) is 5.81. The number of hydrogen-bond acceptors (Lipinski definition) is 2. The lowest BCUT2D eigenvalue weighted by Gasteiger charge is -2.30. The maximum absolute atomic E-state index is 12.5. The highest BCUT2D eigenvalue weighted by molar-refractivity contribution is 6.37. The number of hydrogen-bond donors (Lipinski definition) is 0. The smallest absolute Gasteiger partial charge is 0.181 e. The van der Waals surface area contributed by atoms with Crippen molar-refractivity contribution in [2.24, 2.45) is 0 Å². The molecule has 2 atom stereocenters. The van der Waals surface area contributed by atoms with Crippen LogP contribution in [0.3, 0.4) is 0 Å². The molecule has 0 spiro atoms. The van der Waals surface area contributed by atoms with E-state index in [1.165, 1.54) is 0 Å². The van der Waals surface area contributed by atoms with E-state index in [4.69, 9.17) is 23.2 Å². The Labute approximate surface area is 125 Å². The Morgan fingerprint density at radius 3 is 2.47 bits per heavy atom. The summed E-state index contributed by atoms with van der Waals surface area (Å²) in [5.41, 5.74) is 0.536. The van der Waals surface area contributed by atoms with Gasteiger partial charge in [-0.3, -0.25) is 9.69 Å². The third-order valence-corrected chi connectivity index (χ3v) is 4.14. The molecule has 0 amide bonds. The van der Waals surface area contributed by atoms with E-state index in [9.17, 15) is 4.79 Å². The molecule has 0 aliphatic heterocycles. The van der Waals surface area contributed by atoms with Crippen LogP contribution in [0.4, 0.5) is 0 Å². The molecular formula is C15H21Cl2NO. The van der Waals surface area contributed by atoms with Crippen molar-refractivity contribution in [1.29, 1.82) is 0 Å². The highest BCUT2D eigenvalue weighted by atomic mass is 35.5. The number of rotatable bonds is 6. The van der Waals surface area contributed by atoms with Gasteiger partial charge in [-0.2, -0.15) is 0 Å². The van der Waals surface area contributed by atoms with Crippen LogP contribution in [0.15, 0.2) is 18.2 Å². The zero-order valence-electron chi connectivity index (χ0n) is 11.9. The van der Waals surface area contributed by atoms with Gasteiger partial charge < -0.3 is 0 Å². The highest BCUT2D eigenvalue weighted by Gasteiger charge is 2.24. The standard InChI is InChI=1S/C15H21Cl2NO/c1-5-6-10(2)18(4)11(3)15(19)13-8-7-12(16)9-14(13)17/h7-11H,5-6H2,1-4H3. The molecule has 0 radical (unpaired) electrons. The van der Waals surface area contributed by atoms with Gasteiger partial charge in [-0.1, -0.05) is 36.5 Å². The summed E-state index contributed by atoms with van der Waals surface area (Å²) in [6.07, 6.45) is 2.18.